The Bertz CT molecular complexity index is 670. The van der Waals surface area contributed by atoms with Crippen molar-refractivity contribution in [3.05, 3.63) is 52.3 Å². The van der Waals surface area contributed by atoms with Crippen molar-refractivity contribution in [2.24, 2.45) is 7.05 Å². The summed E-state index contributed by atoms with van der Waals surface area (Å²) in [6.07, 6.45) is 3.56. The third-order valence-corrected chi connectivity index (χ3v) is 4.19. The Hall–Kier alpha value is -2.41. The van der Waals surface area contributed by atoms with Crippen LogP contribution in [0.5, 0.6) is 0 Å². The van der Waals surface area contributed by atoms with Gasteiger partial charge in [-0.25, -0.2) is 0 Å². The molecule has 1 unspecified atom stereocenters. The van der Waals surface area contributed by atoms with Crippen molar-refractivity contribution in [1.82, 2.24) is 14.5 Å². The summed E-state index contributed by atoms with van der Waals surface area (Å²) in [5.74, 6) is 0.384. The van der Waals surface area contributed by atoms with Gasteiger partial charge in [-0.2, -0.15) is 0 Å². The van der Waals surface area contributed by atoms with Crippen molar-refractivity contribution in [2.75, 3.05) is 18.4 Å². The van der Waals surface area contributed by atoms with Crippen LogP contribution in [-0.4, -0.2) is 38.5 Å². The van der Waals surface area contributed by atoms with Crippen molar-refractivity contribution < 1.29 is 4.92 Å². The number of hydrogen-bond acceptors (Lipinski definition) is 5. The minimum atomic E-state index is -0.438. The molecule has 2 aromatic rings. The van der Waals surface area contributed by atoms with Crippen LogP contribution in [0.2, 0.25) is 0 Å². The number of nitro groups is 1. The molecule has 7 nitrogen and oxygen atoms in total. The first-order chi connectivity index (χ1) is 11.1. The molecule has 1 atom stereocenters. The highest BCUT2D eigenvalue weighted by Crippen LogP contribution is 2.24. The van der Waals surface area contributed by atoms with Crippen LogP contribution in [0.3, 0.4) is 0 Å². The third kappa shape index (κ3) is 3.68. The normalized spacial score (nSPS) is 18.7. The van der Waals surface area contributed by atoms with Crippen LogP contribution in [0.4, 0.5) is 11.6 Å². The first kappa shape index (κ1) is 15.5. The summed E-state index contributed by atoms with van der Waals surface area (Å²) in [5, 5.41) is 14.4. The van der Waals surface area contributed by atoms with Crippen LogP contribution < -0.4 is 5.32 Å². The number of anilines is 1. The number of nitrogens with zero attached hydrogens (tertiary/aromatic N) is 4. The topological polar surface area (TPSA) is 76.2 Å². The van der Waals surface area contributed by atoms with Crippen molar-refractivity contribution in [3.8, 4) is 0 Å². The molecule has 1 fully saturated rings. The number of nitrogens with one attached hydrogen (secondary N) is 1. The molecule has 2 heterocycles. The van der Waals surface area contributed by atoms with Gasteiger partial charge in [0.25, 0.3) is 0 Å². The van der Waals surface area contributed by atoms with Gasteiger partial charge < -0.3 is 15.4 Å². The van der Waals surface area contributed by atoms with E-state index in [2.05, 4.69) is 27.3 Å². The van der Waals surface area contributed by atoms with Crippen LogP contribution in [0.15, 0.2) is 36.7 Å². The summed E-state index contributed by atoms with van der Waals surface area (Å²) in [6, 6.07) is 10.6. The Morgan fingerprint density at radius 2 is 2.17 bits per heavy atom. The predicted octanol–water partition coefficient (Wildman–Crippen LogP) is 2.40. The van der Waals surface area contributed by atoms with Crippen molar-refractivity contribution in [2.45, 2.75) is 25.4 Å². The van der Waals surface area contributed by atoms with Crippen molar-refractivity contribution in [1.29, 1.82) is 0 Å². The molecule has 1 aliphatic rings. The number of rotatable bonds is 5. The van der Waals surface area contributed by atoms with Gasteiger partial charge in [0.05, 0.1) is 0 Å². The highest BCUT2D eigenvalue weighted by atomic mass is 16.6. The SMILES string of the molecule is Cn1cnc([N+](=O)[O-])c1NC1CCCN(Cc2ccccc2)C1. The molecule has 1 aliphatic heterocycles. The Kier molecular flexibility index (Phi) is 4.57. The molecule has 0 spiro atoms. The molecule has 0 aliphatic carbocycles. The van der Waals surface area contributed by atoms with Gasteiger partial charge in [-0.05, 0) is 34.9 Å². The molecule has 1 saturated heterocycles. The molecule has 7 heteroatoms. The van der Waals surface area contributed by atoms with Crippen LogP contribution >= 0.6 is 0 Å². The van der Waals surface area contributed by atoms with Crippen LogP contribution in [-0.2, 0) is 13.6 Å². The number of piperidine rings is 1. The highest BCUT2D eigenvalue weighted by molar-refractivity contribution is 5.52. The van der Waals surface area contributed by atoms with Gasteiger partial charge >= 0.3 is 5.82 Å². The van der Waals surface area contributed by atoms with Crippen LogP contribution in [0, 0.1) is 10.1 Å². The second kappa shape index (κ2) is 6.78. The summed E-state index contributed by atoms with van der Waals surface area (Å²) in [6.45, 7) is 2.84. The van der Waals surface area contributed by atoms with Crippen molar-refractivity contribution >= 4 is 11.6 Å². The van der Waals surface area contributed by atoms with Crippen LogP contribution in [0.25, 0.3) is 0 Å². The van der Waals surface area contributed by atoms with E-state index in [1.807, 2.05) is 18.2 Å². The zero-order valence-electron chi connectivity index (χ0n) is 13.2. The van der Waals surface area contributed by atoms with E-state index in [-0.39, 0.29) is 11.9 Å². The number of aryl methyl sites for hydroxylation is 1. The number of likely N-dealkylation sites (tertiary alicyclic amines) is 1. The maximum absolute atomic E-state index is 11.1. The second-order valence-electron chi connectivity index (χ2n) is 5.99. The monoisotopic (exact) mass is 315 g/mol. The van der Waals surface area contributed by atoms with Crippen molar-refractivity contribution in [3.63, 3.8) is 0 Å². The van der Waals surface area contributed by atoms with E-state index in [4.69, 9.17) is 0 Å². The minimum absolute atomic E-state index is 0.104. The van der Waals surface area contributed by atoms with E-state index in [1.54, 1.807) is 11.6 Å². The van der Waals surface area contributed by atoms with Gasteiger partial charge in [-0.1, -0.05) is 30.3 Å². The fourth-order valence-electron chi connectivity index (χ4n) is 3.07. The maximum Gasteiger partial charge on any atom is 0.406 e. The fourth-order valence-corrected chi connectivity index (χ4v) is 3.07. The van der Waals surface area contributed by atoms with E-state index >= 15 is 0 Å². The molecule has 122 valence electrons. The van der Waals surface area contributed by atoms with E-state index in [9.17, 15) is 10.1 Å². The quantitative estimate of drug-likeness (QED) is 0.677. The Morgan fingerprint density at radius 1 is 1.39 bits per heavy atom. The molecule has 1 aromatic carbocycles. The molecule has 3 rings (SSSR count). The lowest BCUT2D eigenvalue weighted by atomic mass is 10.0. The minimum Gasteiger partial charge on any atom is -0.360 e. The van der Waals surface area contributed by atoms with Gasteiger partial charge in [0, 0.05) is 26.2 Å². The number of imidazole rings is 1. The lowest BCUT2D eigenvalue weighted by Gasteiger charge is -2.33. The summed E-state index contributed by atoms with van der Waals surface area (Å²) in [4.78, 5) is 16.9. The molecule has 1 aromatic heterocycles. The molecule has 23 heavy (non-hydrogen) atoms. The predicted molar refractivity (Wildman–Crippen MR) is 88.2 cm³/mol. The first-order valence-electron chi connectivity index (χ1n) is 7.82. The lowest BCUT2D eigenvalue weighted by molar-refractivity contribution is -0.388. The third-order valence-electron chi connectivity index (χ3n) is 4.19. The Morgan fingerprint density at radius 3 is 2.91 bits per heavy atom. The average molecular weight is 315 g/mol. The maximum atomic E-state index is 11.1. The van der Waals surface area contributed by atoms with E-state index < -0.39 is 4.92 Å². The molecule has 1 N–H and O–H groups in total. The number of aromatic nitrogens is 2. The zero-order valence-corrected chi connectivity index (χ0v) is 13.2. The van der Waals surface area contributed by atoms with Gasteiger partial charge in [0.1, 0.15) is 0 Å². The van der Waals surface area contributed by atoms with E-state index in [0.29, 0.717) is 5.82 Å². The number of hydrogen-bond donors (Lipinski definition) is 1. The van der Waals surface area contributed by atoms with Crippen LogP contribution in [0.1, 0.15) is 18.4 Å². The first-order valence-corrected chi connectivity index (χ1v) is 7.82. The lowest BCUT2D eigenvalue weighted by Crippen LogP contribution is -2.42. The van der Waals surface area contributed by atoms with Gasteiger partial charge in [0.2, 0.25) is 12.1 Å². The average Bonchev–Trinajstić information content (AvgIpc) is 2.90. The molecule has 0 bridgehead atoms. The molecular formula is C16H21N5O2. The standard InChI is InChI=1S/C16H21N5O2/c1-19-12-17-15(21(22)23)16(19)18-14-8-5-9-20(11-14)10-13-6-3-2-4-7-13/h2-4,6-7,12,14,18H,5,8-11H2,1H3. The summed E-state index contributed by atoms with van der Waals surface area (Å²) < 4.78 is 1.67. The summed E-state index contributed by atoms with van der Waals surface area (Å²) >= 11 is 0. The number of benzene rings is 1. The van der Waals surface area contributed by atoms with E-state index in [1.165, 1.54) is 11.9 Å². The molecular weight excluding hydrogens is 294 g/mol. The van der Waals surface area contributed by atoms with Gasteiger partial charge in [-0.3, -0.25) is 9.47 Å². The summed E-state index contributed by atoms with van der Waals surface area (Å²) in [5.41, 5.74) is 1.29. The smallest absolute Gasteiger partial charge is 0.360 e. The second-order valence-corrected chi connectivity index (χ2v) is 5.99. The molecule has 0 amide bonds. The summed E-state index contributed by atoms with van der Waals surface area (Å²) in [7, 11) is 1.77. The van der Waals surface area contributed by atoms with Gasteiger partial charge in [0.15, 0.2) is 0 Å². The van der Waals surface area contributed by atoms with Gasteiger partial charge in [-0.15, -0.1) is 0 Å². The molecule has 0 saturated carbocycles. The Balaban J connectivity index is 1.65. The largest absolute Gasteiger partial charge is 0.406 e. The fraction of sp³-hybridized carbons (Fsp3) is 0.438. The highest BCUT2D eigenvalue weighted by Gasteiger charge is 2.26. The van der Waals surface area contributed by atoms with E-state index in [0.717, 1.165) is 32.5 Å². The zero-order chi connectivity index (χ0) is 16.2. The molecule has 0 radical (unpaired) electrons. The Labute approximate surface area is 135 Å².